The predicted octanol–water partition coefficient (Wildman–Crippen LogP) is 4.41. The van der Waals surface area contributed by atoms with E-state index in [2.05, 4.69) is 15.5 Å². The second-order valence-electron chi connectivity index (χ2n) is 12.6. The highest BCUT2D eigenvalue weighted by Crippen LogP contribution is 2.33. The predicted molar refractivity (Wildman–Crippen MR) is 173 cm³/mol. The van der Waals surface area contributed by atoms with Gasteiger partial charge < -0.3 is 33.6 Å². The molecule has 0 unspecified atom stereocenters. The van der Waals surface area contributed by atoms with Crippen LogP contribution in [0.1, 0.15) is 31.6 Å². The molecule has 4 heterocycles. The highest BCUT2D eigenvalue weighted by Gasteiger charge is 2.44. The number of alkyl carbamates (subject to hydrolysis) is 1. The van der Waals surface area contributed by atoms with Gasteiger partial charge in [-0.1, -0.05) is 61.5 Å². The number of oxazole rings is 1. The number of aliphatic hydroxyl groups is 1. The van der Waals surface area contributed by atoms with Crippen LogP contribution >= 0.6 is 0 Å². The monoisotopic (exact) mass is 680 g/mol. The Bertz CT molecular complexity index is 1780. The minimum atomic E-state index is -4.06. The van der Waals surface area contributed by atoms with Crippen LogP contribution in [0, 0.1) is 18.8 Å². The molecular formula is C34H40N4O9S. The molecule has 0 radical (unpaired) electrons. The van der Waals surface area contributed by atoms with Crippen LogP contribution < -0.4 is 5.32 Å². The van der Waals surface area contributed by atoms with Crippen LogP contribution in [-0.2, 0) is 30.7 Å². The molecule has 2 saturated heterocycles. The minimum absolute atomic E-state index is 0.0460. The Morgan fingerprint density at radius 3 is 2.56 bits per heavy atom. The fourth-order valence-corrected chi connectivity index (χ4v) is 7.60. The molecule has 6 rings (SSSR count). The van der Waals surface area contributed by atoms with Gasteiger partial charge in [0.15, 0.2) is 12.0 Å². The van der Waals surface area contributed by atoms with E-state index in [-0.39, 0.29) is 55.0 Å². The second-order valence-corrected chi connectivity index (χ2v) is 14.5. The summed E-state index contributed by atoms with van der Waals surface area (Å²) in [6, 6.07) is 16.5. The van der Waals surface area contributed by atoms with Crippen molar-refractivity contribution >= 4 is 16.1 Å². The van der Waals surface area contributed by atoms with E-state index in [1.165, 1.54) is 22.7 Å². The summed E-state index contributed by atoms with van der Waals surface area (Å²) < 4.78 is 56.7. The normalized spacial score (nSPS) is 20.6. The van der Waals surface area contributed by atoms with Crippen LogP contribution in [0.15, 0.2) is 80.8 Å². The number of nitrogens with zero attached hydrogens (tertiary/aromatic N) is 3. The number of fused-ring (bicyclic) bond motifs is 1. The highest BCUT2D eigenvalue weighted by molar-refractivity contribution is 7.89. The lowest BCUT2D eigenvalue weighted by Gasteiger charge is -2.31. The van der Waals surface area contributed by atoms with Gasteiger partial charge in [0.25, 0.3) is 0 Å². The summed E-state index contributed by atoms with van der Waals surface area (Å²) in [6.07, 6.45) is -0.372. The molecule has 2 fully saturated rings. The number of hydrogen-bond donors (Lipinski definition) is 2. The average Bonchev–Trinajstić information content (AvgIpc) is 3.88. The number of aryl methyl sites for hydroxylation is 1. The molecular weight excluding hydrogens is 640 g/mol. The first-order valence-electron chi connectivity index (χ1n) is 16.0. The van der Waals surface area contributed by atoms with Crippen LogP contribution in [0.4, 0.5) is 4.79 Å². The Balaban J connectivity index is 1.18. The Kier molecular flexibility index (Phi) is 10.3. The summed E-state index contributed by atoms with van der Waals surface area (Å²) in [5.74, 6) is 0.811. The number of carbonyl (C=O) groups is 1. The van der Waals surface area contributed by atoms with E-state index in [9.17, 15) is 18.3 Å². The van der Waals surface area contributed by atoms with Crippen molar-refractivity contribution in [2.75, 3.05) is 26.3 Å². The molecule has 0 bridgehead atoms. The van der Waals surface area contributed by atoms with E-state index >= 15 is 0 Å². The van der Waals surface area contributed by atoms with Gasteiger partial charge >= 0.3 is 6.09 Å². The lowest BCUT2D eigenvalue weighted by molar-refractivity contribution is -0.0907. The number of benzene rings is 2. The van der Waals surface area contributed by atoms with Gasteiger partial charge in [0.1, 0.15) is 23.8 Å². The van der Waals surface area contributed by atoms with Crippen molar-refractivity contribution in [1.82, 2.24) is 19.8 Å². The highest BCUT2D eigenvalue weighted by atomic mass is 32.2. The van der Waals surface area contributed by atoms with Gasteiger partial charge in [-0.25, -0.2) is 18.2 Å². The molecule has 2 aliphatic heterocycles. The number of amides is 1. The summed E-state index contributed by atoms with van der Waals surface area (Å²) in [7, 11) is -4.06. The third-order valence-corrected chi connectivity index (χ3v) is 10.3. The molecule has 5 atom stereocenters. The van der Waals surface area contributed by atoms with Crippen LogP contribution in [-0.4, -0.2) is 84.9 Å². The third-order valence-electron chi connectivity index (χ3n) is 8.41. The van der Waals surface area contributed by atoms with Crippen molar-refractivity contribution in [3.05, 3.63) is 78.3 Å². The number of hydrogen-bond acceptors (Lipinski definition) is 11. The van der Waals surface area contributed by atoms with Crippen LogP contribution in [0.2, 0.25) is 0 Å². The molecule has 4 aromatic rings. The zero-order chi connectivity index (χ0) is 33.8. The maximum atomic E-state index is 14.0. The number of rotatable bonds is 13. The molecule has 13 nitrogen and oxygen atoms in total. The molecule has 2 aromatic carbocycles. The zero-order valence-electron chi connectivity index (χ0n) is 27.0. The van der Waals surface area contributed by atoms with E-state index in [0.29, 0.717) is 29.3 Å². The van der Waals surface area contributed by atoms with Crippen molar-refractivity contribution in [3.63, 3.8) is 0 Å². The van der Waals surface area contributed by atoms with Gasteiger partial charge in [-0.05, 0) is 43.4 Å². The van der Waals surface area contributed by atoms with E-state index in [1.807, 2.05) is 44.2 Å². The molecule has 48 heavy (non-hydrogen) atoms. The Hall–Kier alpha value is -4.08. The number of nitrogens with one attached hydrogen (secondary N) is 1. The summed E-state index contributed by atoms with van der Waals surface area (Å²) in [4.78, 5) is 17.6. The van der Waals surface area contributed by atoms with Crippen LogP contribution in [0.3, 0.4) is 0 Å². The van der Waals surface area contributed by atoms with Crippen LogP contribution in [0.25, 0.3) is 22.8 Å². The van der Waals surface area contributed by atoms with Gasteiger partial charge in [-0.2, -0.15) is 4.31 Å². The van der Waals surface area contributed by atoms with E-state index < -0.39 is 34.4 Å². The number of aliphatic hydroxyl groups excluding tert-OH is 1. The molecule has 0 aliphatic carbocycles. The van der Waals surface area contributed by atoms with E-state index in [1.54, 1.807) is 25.1 Å². The van der Waals surface area contributed by atoms with Crippen LogP contribution in [0.5, 0.6) is 0 Å². The molecule has 1 amide bonds. The lowest BCUT2D eigenvalue weighted by atomic mass is 10.0. The van der Waals surface area contributed by atoms with E-state index in [0.717, 1.165) is 12.0 Å². The lowest BCUT2D eigenvalue weighted by Crippen LogP contribution is -2.51. The number of carbonyl (C=O) groups excluding carboxylic acids is 1. The zero-order valence-corrected chi connectivity index (χ0v) is 27.8. The Labute approximate surface area is 279 Å². The molecule has 2 N–H and O–H groups in total. The molecule has 256 valence electrons. The van der Waals surface area contributed by atoms with E-state index in [4.69, 9.17) is 23.2 Å². The molecule has 0 spiro atoms. The van der Waals surface area contributed by atoms with Crippen molar-refractivity contribution in [2.45, 2.75) is 63.0 Å². The number of sulfonamides is 1. The van der Waals surface area contributed by atoms with Gasteiger partial charge in [-0.3, -0.25) is 0 Å². The molecule has 14 heteroatoms. The quantitative estimate of drug-likeness (QED) is 0.205. The van der Waals surface area contributed by atoms with Gasteiger partial charge in [0.05, 0.1) is 36.2 Å². The Morgan fingerprint density at radius 1 is 1.08 bits per heavy atom. The summed E-state index contributed by atoms with van der Waals surface area (Å²) in [6.45, 7) is 6.23. The van der Waals surface area contributed by atoms with Crippen molar-refractivity contribution in [1.29, 1.82) is 0 Å². The number of ether oxygens (including phenoxy) is 3. The van der Waals surface area contributed by atoms with Gasteiger partial charge in [0.2, 0.25) is 15.9 Å². The van der Waals surface area contributed by atoms with Gasteiger partial charge in [0, 0.05) is 24.7 Å². The smallest absolute Gasteiger partial charge is 0.407 e. The minimum Gasteiger partial charge on any atom is -0.443 e. The van der Waals surface area contributed by atoms with Gasteiger partial charge in [-0.15, -0.1) is 0 Å². The first-order valence-corrected chi connectivity index (χ1v) is 17.4. The first kappa shape index (κ1) is 33.8. The molecule has 2 aliphatic rings. The topological polar surface area (TPSA) is 166 Å². The summed E-state index contributed by atoms with van der Waals surface area (Å²) in [5, 5.41) is 18.3. The Morgan fingerprint density at radius 2 is 1.85 bits per heavy atom. The maximum Gasteiger partial charge on any atom is 0.407 e. The standard InChI is InChI=1S/C34H40N4O9S/c1-21(2)17-38(48(41,42)25-11-9-24(10-12-25)29-19-44-32(35-29)28-15-22(3)47-37-28)18-30(39)27(16-23-7-5-4-6-8-23)36-34(40)46-31-20-45-33-26(31)13-14-43-33/h4-12,15,19,21,26-27,30-31,33,39H,13-14,16-18,20H2,1-3H3,(H,36,40)/t26-,27-,30+,31-,33+/m0/s1. The fourth-order valence-electron chi connectivity index (χ4n) is 5.97. The van der Waals surface area contributed by atoms with Crippen molar-refractivity contribution < 1.29 is 41.5 Å². The summed E-state index contributed by atoms with van der Waals surface area (Å²) in [5.41, 5.74) is 2.47. The molecule has 0 saturated carbocycles. The first-order chi connectivity index (χ1) is 23.1. The van der Waals surface area contributed by atoms with Crippen molar-refractivity contribution in [2.24, 2.45) is 11.8 Å². The molecule has 2 aromatic heterocycles. The third kappa shape index (κ3) is 7.79. The van der Waals surface area contributed by atoms with Crippen molar-refractivity contribution in [3.8, 4) is 22.8 Å². The second kappa shape index (κ2) is 14.6. The number of aromatic nitrogens is 2. The SMILES string of the molecule is Cc1cc(-c2nc(-c3ccc(S(=O)(=O)N(CC(C)C)C[C@@H](O)[C@H](Cc4ccccc4)NC(=O)O[C@H]4CO[C@H]5OCC[C@H]54)cc3)co2)no1. The summed E-state index contributed by atoms with van der Waals surface area (Å²) >= 11 is 0. The largest absolute Gasteiger partial charge is 0.443 e. The average molecular weight is 681 g/mol. The fraction of sp³-hybridized carbons (Fsp3) is 0.441. The maximum absolute atomic E-state index is 14.0.